The maximum atomic E-state index is 13.9. The Morgan fingerprint density at radius 1 is 1.30 bits per heavy atom. The van der Waals surface area contributed by atoms with E-state index in [-0.39, 0.29) is 28.9 Å². The second kappa shape index (κ2) is 10.1. The highest BCUT2D eigenvalue weighted by atomic mass is 35.5. The Kier molecular flexibility index (Phi) is 7.02. The fourth-order valence-corrected chi connectivity index (χ4v) is 3.79. The topological polar surface area (TPSA) is 112 Å². The third-order valence-electron chi connectivity index (χ3n) is 5.51. The molecule has 1 fully saturated rings. The largest absolute Gasteiger partial charge is 0.390 e. The minimum absolute atomic E-state index is 0.0574. The number of pyridine rings is 2. The third kappa shape index (κ3) is 5.05. The molecule has 0 aliphatic carbocycles. The summed E-state index contributed by atoms with van der Waals surface area (Å²) in [5.41, 5.74) is 0.910. The van der Waals surface area contributed by atoms with Crippen molar-refractivity contribution >= 4 is 29.3 Å². The van der Waals surface area contributed by atoms with Crippen molar-refractivity contribution in [2.45, 2.75) is 12.6 Å². The lowest BCUT2D eigenvalue weighted by Crippen LogP contribution is -2.26. The molecule has 0 unspecified atom stereocenters. The van der Waals surface area contributed by atoms with Crippen LogP contribution in [0.5, 0.6) is 0 Å². The number of anilines is 2. The first-order valence-electron chi connectivity index (χ1n) is 10.4. The van der Waals surface area contributed by atoms with Crippen LogP contribution in [0.1, 0.15) is 11.1 Å². The number of hydrogen-bond donors (Lipinski definition) is 4. The van der Waals surface area contributed by atoms with Gasteiger partial charge in [-0.05, 0) is 12.1 Å². The summed E-state index contributed by atoms with van der Waals surface area (Å²) in [7, 11) is 0. The van der Waals surface area contributed by atoms with Crippen LogP contribution in [-0.4, -0.2) is 46.7 Å². The number of aliphatic hydroxyl groups is 1. The molecule has 33 heavy (non-hydrogen) atoms. The highest BCUT2D eigenvalue weighted by molar-refractivity contribution is 6.32. The summed E-state index contributed by atoms with van der Waals surface area (Å²) in [5.74, 6) is 0.0755. The van der Waals surface area contributed by atoms with E-state index >= 15 is 0 Å². The SMILES string of the molecule is N=Cc1c(NCc2ccccc2F)ccn(-c2cc(NC[C@@H]3COC[C@@H]3O)ncc2Cl)c1=O. The summed E-state index contributed by atoms with van der Waals surface area (Å²) < 4.78 is 20.5. The van der Waals surface area contributed by atoms with E-state index in [4.69, 9.17) is 21.7 Å². The molecule has 2 aromatic heterocycles. The average molecular weight is 472 g/mol. The van der Waals surface area contributed by atoms with Gasteiger partial charge in [0.15, 0.2) is 0 Å². The molecule has 3 aromatic rings. The molecule has 0 amide bonds. The molecule has 0 bridgehead atoms. The van der Waals surface area contributed by atoms with Crippen molar-refractivity contribution in [1.82, 2.24) is 9.55 Å². The summed E-state index contributed by atoms with van der Waals surface area (Å²) in [6.45, 7) is 1.38. The molecule has 10 heteroatoms. The highest BCUT2D eigenvalue weighted by Crippen LogP contribution is 2.23. The van der Waals surface area contributed by atoms with Crippen LogP contribution in [0.4, 0.5) is 15.9 Å². The number of nitrogens with zero attached hydrogens (tertiary/aromatic N) is 2. The molecule has 0 radical (unpaired) electrons. The predicted molar refractivity (Wildman–Crippen MR) is 125 cm³/mol. The molecule has 1 aliphatic rings. The molecule has 3 heterocycles. The molecule has 0 saturated carbocycles. The molecular weight excluding hydrogens is 449 g/mol. The Balaban J connectivity index is 1.57. The summed E-state index contributed by atoms with van der Waals surface area (Å²) in [4.78, 5) is 17.4. The van der Waals surface area contributed by atoms with Gasteiger partial charge in [0, 0.05) is 43.0 Å². The van der Waals surface area contributed by atoms with Crippen LogP contribution in [0.3, 0.4) is 0 Å². The van der Waals surface area contributed by atoms with Crippen molar-refractivity contribution in [2.24, 2.45) is 5.92 Å². The number of benzene rings is 1. The van der Waals surface area contributed by atoms with Crippen LogP contribution < -0.4 is 16.2 Å². The molecule has 1 aliphatic heterocycles. The molecule has 2 atom stereocenters. The smallest absolute Gasteiger partial charge is 0.266 e. The Hall–Kier alpha value is -3.27. The van der Waals surface area contributed by atoms with Gasteiger partial charge in [0.2, 0.25) is 0 Å². The Labute approximate surface area is 194 Å². The minimum Gasteiger partial charge on any atom is -0.390 e. The maximum Gasteiger partial charge on any atom is 0.266 e. The van der Waals surface area contributed by atoms with Crippen molar-refractivity contribution in [3.05, 3.63) is 81.1 Å². The van der Waals surface area contributed by atoms with E-state index in [1.165, 1.54) is 16.8 Å². The summed E-state index contributed by atoms with van der Waals surface area (Å²) in [6, 6.07) is 9.62. The zero-order valence-electron chi connectivity index (χ0n) is 17.6. The maximum absolute atomic E-state index is 13.9. The number of aliphatic hydroxyl groups excluding tert-OH is 1. The van der Waals surface area contributed by atoms with Gasteiger partial charge in [-0.2, -0.15) is 0 Å². The predicted octanol–water partition coefficient (Wildman–Crippen LogP) is 3.05. The number of halogens is 2. The van der Waals surface area contributed by atoms with E-state index in [9.17, 15) is 14.3 Å². The zero-order chi connectivity index (χ0) is 23.4. The first kappa shape index (κ1) is 22.9. The van der Waals surface area contributed by atoms with Crippen LogP contribution in [0.15, 0.2) is 53.6 Å². The van der Waals surface area contributed by atoms with Crippen LogP contribution in [-0.2, 0) is 11.3 Å². The number of hydrogen-bond acceptors (Lipinski definition) is 7. The third-order valence-corrected chi connectivity index (χ3v) is 5.80. The molecule has 4 rings (SSSR count). The lowest BCUT2D eigenvalue weighted by molar-refractivity contribution is 0.120. The highest BCUT2D eigenvalue weighted by Gasteiger charge is 2.26. The molecule has 4 N–H and O–H groups in total. The zero-order valence-corrected chi connectivity index (χ0v) is 18.3. The van der Waals surface area contributed by atoms with Gasteiger partial charge in [-0.3, -0.25) is 9.36 Å². The Morgan fingerprint density at radius 3 is 2.85 bits per heavy atom. The van der Waals surface area contributed by atoms with Crippen LogP contribution in [0.2, 0.25) is 5.02 Å². The van der Waals surface area contributed by atoms with Gasteiger partial charge in [-0.25, -0.2) is 9.37 Å². The molecule has 0 spiro atoms. The van der Waals surface area contributed by atoms with Crippen LogP contribution >= 0.6 is 11.6 Å². The van der Waals surface area contributed by atoms with Gasteiger partial charge < -0.3 is 25.9 Å². The van der Waals surface area contributed by atoms with Crippen molar-refractivity contribution in [3.8, 4) is 5.69 Å². The number of rotatable bonds is 8. The fraction of sp³-hybridized carbons (Fsp3) is 0.261. The first-order valence-corrected chi connectivity index (χ1v) is 10.7. The number of nitrogens with one attached hydrogen (secondary N) is 3. The fourth-order valence-electron chi connectivity index (χ4n) is 3.59. The molecule has 1 aromatic carbocycles. The van der Waals surface area contributed by atoms with E-state index < -0.39 is 11.7 Å². The summed E-state index contributed by atoms with van der Waals surface area (Å²) in [5, 5.41) is 24.1. The number of ether oxygens (including phenoxy) is 1. The second-order valence-corrected chi connectivity index (χ2v) is 8.08. The lowest BCUT2D eigenvalue weighted by atomic mass is 10.1. The number of aromatic nitrogens is 2. The van der Waals surface area contributed by atoms with Crippen molar-refractivity contribution in [3.63, 3.8) is 0 Å². The lowest BCUT2D eigenvalue weighted by Gasteiger charge is -2.16. The quantitative estimate of drug-likeness (QED) is 0.376. The van der Waals surface area contributed by atoms with E-state index in [0.29, 0.717) is 42.5 Å². The van der Waals surface area contributed by atoms with Gasteiger partial charge in [-0.15, -0.1) is 0 Å². The minimum atomic E-state index is -0.536. The summed E-state index contributed by atoms with van der Waals surface area (Å²) >= 11 is 6.32. The van der Waals surface area contributed by atoms with E-state index in [1.807, 2.05) is 0 Å². The van der Waals surface area contributed by atoms with Crippen LogP contribution in [0, 0.1) is 17.1 Å². The molecule has 8 nitrogen and oxygen atoms in total. The molecule has 1 saturated heterocycles. The molecular formula is C23H23ClFN5O3. The van der Waals surface area contributed by atoms with E-state index in [1.54, 1.807) is 36.5 Å². The monoisotopic (exact) mass is 471 g/mol. The van der Waals surface area contributed by atoms with Gasteiger partial charge in [0.25, 0.3) is 5.56 Å². The van der Waals surface area contributed by atoms with Crippen molar-refractivity contribution in [1.29, 1.82) is 5.41 Å². The van der Waals surface area contributed by atoms with Gasteiger partial charge in [0.1, 0.15) is 11.6 Å². The van der Waals surface area contributed by atoms with Gasteiger partial charge in [-0.1, -0.05) is 29.8 Å². The Morgan fingerprint density at radius 2 is 2.12 bits per heavy atom. The standard InChI is InChI=1S/C23H23ClFN5O3/c24-17-11-29-22(28-10-15-12-33-13-21(15)31)7-20(17)30-6-5-19(16(8-26)23(30)32)27-9-14-3-1-2-4-18(14)25/h1-8,11,15,21,26-27,31H,9-10,12-13H2,(H,28,29)/t15-,21+/m1/s1. The van der Waals surface area contributed by atoms with Crippen molar-refractivity contribution in [2.75, 3.05) is 30.4 Å². The summed E-state index contributed by atoms with van der Waals surface area (Å²) in [6.07, 6.45) is 3.39. The Bertz CT molecular complexity index is 1220. The van der Waals surface area contributed by atoms with E-state index in [2.05, 4.69) is 15.6 Å². The van der Waals surface area contributed by atoms with Gasteiger partial charge in [0.05, 0.1) is 47.5 Å². The molecule has 172 valence electrons. The van der Waals surface area contributed by atoms with Crippen molar-refractivity contribution < 1.29 is 14.2 Å². The average Bonchev–Trinajstić information content (AvgIpc) is 3.23. The van der Waals surface area contributed by atoms with Crippen LogP contribution in [0.25, 0.3) is 5.69 Å². The normalized spacial score (nSPS) is 17.7. The van der Waals surface area contributed by atoms with E-state index in [0.717, 1.165) is 6.21 Å². The second-order valence-electron chi connectivity index (χ2n) is 7.67. The van der Waals surface area contributed by atoms with Gasteiger partial charge >= 0.3 is 0 Å². The first-order chi connectivity index (χ1) is 16.0.